The fraction of sp³-hybridized carbons (Fsp3) is 0. The van der Waals surface area contributed by atoms with Gasteiger partial charge in [-0.1, -0.05) is 0 Å². The van der Waals surface area contributed by atoms with Crippen molar-refractivity contribution in [3.63, 3.8) is 0 Å². The van der Waals surface area contributed by atoms with Crippen molar-refractivity contribution in [2.45, 2.75) is 0 Å². The number of rotatable bonds is 0. The van der Waals surface area contributed by atoms with Crippen LogP contribution >= 0.6 is 0 Å². The third-order valence-corrected chi connectivity index (χ3v) is 0. The van der Waals surface area contributed by atoms with Crippen LogP contribution in [0, 0.1) is 0 Å². The van der Waals surface area contributed by atoms with Gasteiger partial charge in [-0.25, -0.2) is 0 Å². The molecule has 0 aliphatic rings. The van der Waals surface area contributed by atoms with E-state index in [1.165, 1.54) is 0 Å². The molecule has 0 rings (SSSR count). The first-order valence-electron chi connectivity index (χ1n) is 0.204. The van der Waals surface area contributed by atoms with Gasteiger partial charge in [-0.3, -0.25) is 0 Å². The van der Waals surface area contributed by atoms with Crippen molar-refractivity contribution in [1.82, 2.24) is 0 Å². The molecule has 0 aromatic carbocycles. The van der Waals surface area contributed by atoms with Crippen molar-refractivity contribution >= 4 is 43.3 Å². The fourth-order valence-corrected chi connectivity index (χ4v) is 0. The summed E-state index contributed by atoms with van der Waals surface area (Å²) in [5, 5.41) is 0. The first kappa shape index (κ1) is 20.5. The Bertz CT molecular complexity index is 13.5. The molecule has 4 heavy (non-hydrogen) atoms. The van der Waals surface area contributed by atoms with Gasteiger partial charge in [0, 0.05) is 8.41 Å². The van der Waals surface area contributed by atoms with E-state index in [9.17, 15) is 0 Å². The third-order valence-electron chi connectivity index (χ3n) is 0. The summed E-state index contributed by atoms with van der Waals surface area (Å²) >= 11 is 0.0556. The van der Waals surface area contributed by atoms with E-state index in [1.54, 1.807) is 0 Å². The van der Waals surface area contributed by atoms with Crippen LogP contribution in [0.1, 0.15) is 2.85 Å². The van der Waals surface area contributed by atoms with Crippen LogP contribution in [-0.2, 0) is 2.81 Å². The molecule has 0 aromatic heterocycles. The van der Waals surface area contributed by atoms with Crippen molar-refractivity contribution in [2.75, 3.05) is 0 Å². The second kappa shape index (κ2) is 39.6. The Labute approximate surface area is 49.2 Å². The van der Waals surface area contributed by atoms with E-state index in [2.05, 4.69) is 0 Å². The molecule has 0 aliphatic heterocycles. The van der Waals surface area contributed by atoms with Gasteiger partial charge in [-0.15, -0.1) is 0 Å². The van der Waals surface area contributed by atoms with Crippen LogP contribution in [0.2, 0.25) is 0 Å². The van der Waals surface area contributed by atoms with E-state index in [0.717, 1.165) is 0 Å². The summed E-state index contributed by atoms with van der Waals surface area (Å²) in [7, 11) is 0. The standard InChI is InChI=1S/B.Be.Bi.O.3H/q;+2;;;;2*-1. The summed E-state index contributed by atoms with van der Waals surface area (Å²) in [4.78, 5) is 0. The molecule has 3 radical (unpaired) electrons. The van der Waals surface area contributed by atoms with Gasteiger partial charge in [0.05, 0.1) is 0 Å². The van der Waals surface area contributed by atoms with Crippen molar-refractivity contribution in [3.05, 3.63) is 0 Å². The van der Waals surface area contributed by atoms with Gasteiger partial charge in [-0.2, -0.15) is 0 Å². The normalized spacial score (nSPS) is 1.00. The topological polar surface area (TPSA) is 17.1 Å². The predicted octanol–water partition coefficient (Wildman–Crippen LogP) is -1.30. The average Bonchev–Trinajstić information content (AvgIpc) is 1.00. The second-order valence-electron chi connectivity index (χ2n) is 0. The quantitative estimate of drug-likeness (QED) is 0.487. The molecule has 0 heterocycles. The molecule has 0 aliphatic carbocycles. The molecule has 0 unspecified atom stereocenters. The Morgan fingerprint density at radius 2 is 1.50 bits per heavy atom. The van der Waals surface area contributed by atoms with Crippen LogP contribution < -0.4 is 0 Å². The predicted molar refractivity (Wildman–Crippen MR) is 21.6 cm³/mol. The van der Waals surface area contributed by atoms with Crippen LogP contribution in [0.3, 0.4) is 0 Å². The van der Waals surface area contributed by atoms with E-state index in [-0.39, 0.29) is 46.1 Å². The molecule has 0 N–H and O–H groups in total. The molecule has 0 fully saturated rings. The van der Waals surface area contributed by atoms with E-state index in [4.69, 9.17) is 2.81 Å². The van der Waals surface area contributed by atoms with E-state index in [0.29, 0.717) is 0 Å². The summed E-state index contributed by atoms with van der Waals surface area (Å²) < 4.78 is 8.39. The molecule has 0 saturated carbocycles. The van der Waals surface area contributed by atoms with Crippen LogP contribution in [-0.4, -0.2) is 43.3 Å². The van der Waals surface area contributed by atoms with Crippen molar-refractivity contribution in [3.8, 4) is 0 Å². The van der Waals surface area contributed by atoms with Gasteiger partial charge in [0.25, 0.3) is 0 Å². The Balaban J connectivity index is -0.000000000833. The zero-order valence-corrected chi connectivity index (χ0v) is 6.08. The summed E-state index contributed by atoms with van der Waals surface area (Å²) in [5.41, 5.74) is 0. The van der Waals surface area contributed by atoms with E-state index >= 15 is 0 Å². The van der Waals surface area contributed by atoms with Gasteiger partial charge in [0.2, 0.25) is 0 Å². The molecule has 0 amide bonds. The molecular formula is H3BBeBiO. The summed E-state index contributed by atoms with van der Waals surface area (Å²) in [6.07, 6.45) is 0. The Morgan fingerprint density at radius 3 is 1.50 bits per heavy atom. The minimum absolute atomic E-state index is 0. The first-order chi connectivity index (χ1) is 1.00. The van der Waals surface area contributed by atoms with Gasteiger partial charge in [0.15, 0.2) is 0 Å². The van der Waals surface area contributed by atoms with E-state index in [1.807, 2.05) is 0 Å². The van der Waals surface area contributed by atoms with Crippen molar-refractivity contribution < 1.29 is 5.67 Å². The molecule has 1 nitrogen and oxygen atoms in total. The summed E-state index contributed by atoms with van der Waals surface area (Å²) in [6, 6.07) is 0. The van der Waals surface area contributed by atoms with Gasteiger partial charge in [-0.05, 0) is 0 Å². The zero-order chi connectivity index (χ0) is 2.00. The Kier molecular flexibility index (Phi) is 203. The molecule has 0 spiro atoms. The average molecular weight is 248 g/mol. The SMILES string of the molecule is [B].[Be+2].[H-].[H-].[O]=[BiH]. The first-order valence-corrected chi connectivity index (χ1v) is 1.79. The molecule has 19 valence electrons. The van der Waals surface area contributed by atoms with Crippen LogP contribution in [0.4, 0.5) is 0 Å². The van der Waals surface area contributed by atoms with Crippen molar-refractivity contribution in [1.29, 1.82) is 0 Å². The van der Waals surface area contributed by atoms with Gasteiger partial charge >= 0.3 is 37.7 Å². The molecule has 0 saturated heterocycles. The Hall–Kier alpha value is 0.917. The van der Waals surface area contributed by atoms with Gasteiger partial charge in [0.1, 0.15) is 0 Å². The van der Waals surface area contributed by atoms with Crippen molar-refractivity contribution in [2.24, 2.45) is 0 Å². The molecule has 0 atom stereocenters. The maximum absolute atomic E-state index is 8.39. The number of hydrogen-bond acceptors (Lipinski definition) is 1. The minimum atomic E-state index is 0. The fourth-order valence-electron chi connectivity index (χ4n) is 0. The maximum atomic E-state index is 8.39. The molecular weight excluding hydrogens is 245 g/mol. The zero-order valence-electron chi connectivity index (χ0n) is 4.19. The Morgan fingerprint density at radius 1 is 1.50 bits per heavy atom. The van der Waals surface area contributed by atoms with Gasteiger partial charge < -0.3 is 2.85 Å². The molecule has 0 bridgehead atoms. The molecule has 4 heteroatoms. The molecule has 0 aromatic rings. The summed E-state index contributed by atoms with van der Waals surface area (Å²) in [6.45, 7) is 0. The van der Waals surface area contributed by atoms with E-state index < -0.39 is 0 Å². The van der Waals surface area contributed by atoms with Crippen LogP contribution in [0.15, 0.2) is 0 Å². The summed E-state index contributed by atoms with van der Waals surface area (Å²) in [5.74, 6) is 0. The number of hydrogen-bond donors (Lipinski definition) is 0. The van der Waals surface area contributed by atoms with Crippen LogP contribution in [0.25, 0.3) is 0 Å². The second-order valence-corrected chi connectivity index (χ2v) is 0. The van der Waals surface area contributed by atoms with Crippen LogP contribution in [0.5, 0.6) is 0 Å². The monoisotopic (exact) mass is 248 g/mol. The third kappa shape index (κ3) is 12.7.